The maximum Gasteiger partial charge on any atom is 0.211 e. The molecule has 0 unspecified atom stereocenters. The van der Waals surface area contributed by atoms with Crippen LogP contribution in [0.15, 0.2) is 36.9 Å². The number of fused-ring (bicyclic) bond motifs is 1. The van der Waals surface area contributed by atoms with Crippen LogP contribution in [0.2, 0.25) is 0 Å². The topological polar surface area (TPSA) is 62.2 Å². The molecule has 2 aromatic rings. The highest BCUT2D eigenvalue weighted by Crippen LogP contribution is 2.24. The number of rotatable bonds is 3. The first kappa shape index (κ1) is 10.2. The molecule has 1 amide bonds. The Labute approximate surface area is 92.2 Å². The summed E-state index contributed by atoms with van der Waals surface area (Å²) in [5.41, 5.74) is 1.30. The second-order valence-electron chi connectivity index (χ2n) is 3.29. The van der Waals surface area contributed by atoms with Gasteiger partial charge in [-0.25, -0.2) is 4.98 Å². The molecule has 0 saturated carbocycles. The van der Waals surface area contributed by atoms with E-state index in [1.165, 1.54) is 0 Å². The molecule has 2 rings (SSSR count). The van der Waals surface area contributed by atoms with Crippen LogP contribution in [0.3, 0.4) is 0 Å². The summed E-state index contributed by atoms with van der Waals surface area (Å²) in [5.74, 6) is -0.00181. The average molecular weight is 214 g/mol. The molecule has 0 atom stereocenters. The number of aromatic nitrogens is 1. The second-order valence-corrected chi connectivity index (χ2v) is 3.29. The molecule has 0 fully saturated rings. The van der Waals surface area contributed by atoms with E-state index in [0.29, 0.717) is 6.41 Å². The molecule has 0 saturated heterocycles. The number of amides is 1. The van der Waals surface area contributed by atoms with E-state index in [0.717, 1.165) is 10.9 Å². The zero-order chi connectivity index (χ0) is 11.5. The summed E-state index contributed by atoms with van der Waals surface area (Å²) in [4.78, 5) is 14.5. The van der Waals surface area contributed by atoms with Crippen LogP contribution in [0.4, 0.5) is 0 Å². The predicted octanol–water partition coefficient (Wildman–Crippen LogP) is 1.66. The van der Waals surface area contributed by atoms with Crippen molar-refractivity contribution in [3.05, 3.63) is 42.6 Å². The lowest BCUT2D eigenvalue weighted by atomic mass is 10.1. The lowest BCUT2D eigenvalue weighted by Gasteiger charge is -2.07. The summed E-state index contributed by atoms with van der Waals surface area (Å²) in [6, 6.07) is 8.98. The summed E-state index contributed by atoms with van der Waals surface area (Å²) in [6.07, 6.45) is 0.499. The molecule has 1 heterocycles. The number of nitrogens with one attached hydrogen (secondary N) is 1. The van der Waals surface area contributed by atoms with E-state index < -0.39 is 0 Å². The van der Waals surface area contributed by atoms with Gasteiger partial charge in [0.25, 0.3) is 0 Å². The van der Waals surface area contributed by atoms with Crippen molar-refractivity contribution >= 4 is 23.0 Å². The fraction of sp³-hybridized carbons (Fsp3) is 0. The third-order valence-corrected chi connectivity index (χ3v) is 2.22. The Kier molecular flexibility index (Phi) is 2.55. The Morgan fingerprint density at radius 1 is 1.44 bits per heavy atom. The minimum atomic E-state index is -0.00181. The van der Waals surface area contributed by atoms with Crippen molar-refractivity contribution in [1.29, 1.82) is 0 Å². The molecule has 16 heavy (non-hydrogen) atoms. The van der Waals surface area contributed by atoms with Gasteiger partial charge in [-0.05, 0) is 12.1 Å². The first-order chi connectivity index (χ1) is 7.72. The average Bonchev–Trinajstić information content (AvgIpc) is 2.28. The second kappa shape index (κ2) is 4.02. The molecule has 4 heteroatoms. The fourth-order valence-corrected chi connectivity index (χ4v) is 1.47. The van der Waals surface area contributed by atoms with Gasteiger partial charge >= 0.3 is 0 Å². The van der Waals surface area contributed by atoms with Crippen molar-refractivity contribution in [3.63, 3.8) is 0 Å². The third-order valence-electron chi connectivity index (χ3n) is 2.22. The van der Waals surface area contributed by atoms with Gasteiger partial charge in [-0.1, -0.05) is 24.8 Å². The van der Waals surface area contributed by atoms with Crippen LogP contribution < -0.4 is 5.32 Å². The highest BCUT2D eigenvalue weighted by atomic mass is 16.3. The molecule has 0 aliphatic heterocycles. The van der Waals surface area contributed by atoms with Crippen molar-refractivity contribution in [1.82, 2.24) is 10.3 Å². The Bertz CT molecular complexity index is 564. The molecule has 0 radical (unpaired) electrons. The number of hydrogen-bond donors (Lipinski definition) is 2. The van der Waals surface area contributed by atoms with Crippen LogP contribution in [-0.2, 0) is 4.79 Å². The number of carbonyl (C=O) groups excluding carboxylic acids is 1. The first-order valence-corrected chi connectivity index (χ1v) is 4.70. The zero-order valence-corrected chi connectivity index (χ0v) is 8.47. The largest absolute Gasteiger partial charge is 0.506 e. The number of para-hydroxylation sites is 1. The van der Waals surface area contributed by atoms with E-state index in [4.69, 9.17) is 0 Å². The van der Waals surface area contributed by atoms with E-state index in [1.807, 2.05) is 24.3 Å². The fourth-order valence-electron chi connectivity index (χ4n) is 1.47. The van der Waals surface area contributed by atoms with E-state index in [-0.39, 0.29) is 17.1 Å². The van der Waals surface area contributed by atoms with Crippen molar-refractivity contribution in [2.45, 2.75) is 0 Å². The van der Waals surface area contributed by atoms with Crippen LogP contribution in [0, 0.1) is 0 Å². The summed E-state index contributed by atoms with van der Waals surface area (Å²) < 4.78 is 0. The number of pyridine rings is 1. The van der Waals surface area contributed by atoms with Crippen LogP contribution in [0.5, 0.6) is 5.75 Å². The van der Waals surface area contributed by atoms with E-state index in [1.54, 1.807) is 6.07 Å². The van der Waals surface area contributed by atoms with E-state index >= 15 is 0 Å². The molecule has 2 N–H and O–H groups in total. The van der Waals surface area contributed by atoms with Crippen LogP contribution in [-0.4, -0.2) is 16.5 Å². The normalized spacial score (nSPS) is 10.0. The van der Waals surface area contributed by atoms with Gasteiger partial charge in [0, 0.05) is 5.39 Å². The molecular weight excluding hydrogens is 204 g/mol. The lowest BCUT2D eigenvalue weighted by molar-refractivity contribution is -0.108. The zero-order valence-electron chi connectivity index (χ0n) is 8.47. The lowest BCUT2D eigenvalue weighted by Crippen LogP contribution is -2.09. The van der Waals surface area contributed by atoms with Gasteiger partial charge in [-0.15, -0.1) is 0 Å². The third kappa shape index (κ3) is 1.72. The number of aromatic hydroxyl groups is 1. The SMILES string of the molecule is C=C(NC=O)c1nc2ccccc2cc1O. The van der Waals surface area contributed by atoms with Crippen molar-refractivity contribution in [2.24, 2.45) is 0 Å². The number of nitrogens with zero attached hydrogens (tertiary/aromatic N) is 1. The molecule has 1 aromatic carbocycles. The van der Waals surface area contributed by atoms with E-state index in [2.05, 4.69) is 16.9 Å². The Morgan fingerprint density at radius 3 is 2.94 bits per heavy atom. The highest BCUT2D eigenvalue weighted by Gasteiger charge is 2.08. The molecule has 0 aliphatic rings. The highest BCUT2D eigenvalue weighted by molar-refractivity contribution is 5.84. The van der Waals surface area contributed by atoms with Gasteiger partial charge in [-0.2, -0.15) is 0 Å². The maximum absolute atomic E-state index is 10.3. The molecular formula is C12H10N2O2. The van der Waals surface area contributed by atoms with Crippen LogP contribution in [0.1, 0.15) is 5.69 Å². The van der Waals surface area contributed by atoms with Gasteiger partial charge in [-0.3, -0.25) is 4.79 Å². The Balaban J connectivity index is 2.58. The standard InChI is InChI=1S/C12H10N2O2/c1-8(13-7-15)12-11(16)6-9-4-2-3-5-10(9)14-12/h2-7,16H,1H2,(H,13,15). The van der Waals surface area contributed by atoms with E-state index in [9.17, 15) is 9.90 Å². The van der Waals surface area contributed by atoms with Gasteiger partial charge in [0.05, 0.1) is 11.2 Å². The van der Waals surface area contributed by atoms with Crippen molar-refractivity contribution < 1.29 is 9.90 Å². The Morgan fingerprint density at radius 2 is 2.19 bits per heavy atom. The minimum Gasteiger partial charge on any atom is -0.506 e. The molecule has 4 nitrogen and oxygen atoms in total. The molecule has 0 aliphatic carbocycles. The summed E-state index contributed by atoms with van der Waals surface area (Å²) in [6.45, 7) is 3.62. The number of hydrogen-bond acceptors (Lipinski definition) is 3. The minimum absolute atomic E-state index is 0.00181. The molecule has 1 aromatic heterocycles. The van der Waals surface area contributed by atoms with Gasteiger partial charge in [0.2, 0.25) is 6.41 Å². The first-order valence-electron chi connectivity index (χ1n) is 4.70. The predicted molar refractivity (Wildman–Crippen MR) is 61.6 cm³/mol. The van der Waals surface area contributed by atoms with Crippen LogP contribution in [0.25, 0.3) is 16.6 Å². The van der Waals surface area contributed by atoms with Crippen molar-refractivity contribution in [2.75, 3.05) is 0 Å². The molecule has 0 spiro atoms. The van der Waals surface area contributed by atoms with Gasteiger partial charge in [0.15, 0.2) is 0 Å². The monoisotopic (exact) mass is 214 g/mol. The summed E-state index contributed by atoms with van der Waals surface area (Å²) in [5, 5.41) is 12.9. The summed E-state index contributed by atoms with van der Waals surface area (Å²) >= 11 is 0. The number of carbonyl (C=O) groups is 1. The summed E-state index contributed by atoms with van der Waals surface area (Å²) in [7, 11) is 0. The Hall–Kier alpha value is -2.36. The number of benzene rings is 1. The molecule has 80 valence electrons. The van der Waals surface area contributed by atoms with Crippen molar-refractivity contribution in [3.8, 4) is 5.75 Å². The van der Waals surface area contributed by atoms with Crippen LogP contribution >= 0.6 is 0 Å². The smallest absolute Gasteiger partial charge is 0.211 e. The quantitative estimate of drug-likeness (QED) is 0.764. The maximum atomic E-state index is 10.3. The van der Waals surface area contributed by atoms with Gasteiger partial charge in [0.1, 0.15) is 11.4 Å². The van der Waals surface area contributed by atoms with Gasteiger partial charge < -0.3 is 10.4 Å². The molecule has 0 bridgehead atoms.